The van der Waals surface area contributed by atoms with E-state index in [0.29, 0.717) is 24.8 Å². The van der Waals surface area contributed by atoms with Gasteiger partial charge in [0.2, 0.25) is 29.5 Å². The van der Waals surface area contributed by atoms with Crippen molar-refractivity contribution in [2.24, 2.45) is 17.4 Å². The number of carbonyl (C=O) groups excluding carboxylic acids is 6. The Balaban J connectivity index is 1.55. The molecule has 0 spiro atoms. The van der Waals surface area contributed by atoms with E-state index in [1.165, 1.54) is 0 Å². The Morgan fingerprint density at radius 1 is 0.544 bits per heavy atom. The summed E-state index contributed by atoms with van der Waals surface area (Å²) in [4.78, 5) is 86.7. The summed E-state index contributed by atoms with van der Waals surface area (Å²) in [5.74, 6) is -5.15. The Labute approximate surface area is 337 Å². The lowest BCUT2D eigenvalue weighted by atomic mass is 9.97. The number of benzene rings is 2. The van der Waals surface area contributed by atoms with E-state index >= 15 is 0 Å². The molecule has 6 amide bonds. The number of carbonyl (C=O) groups is 7. The van der Waals surface area contributed by atoms with E-state index < -0.39 is 59.7 Å². The van der Waals surface area contributed by atoms with Crippen molar-refractivity contribution >= 4 is 41.4 Å². The van der Waals surface area contributed by atoms with Crippen molar-refractivity contribution in [1.82, 2.24) is 21.3 Å². The van der Waals surface area contributed by atoms with Crippen LogP contribution in [0, 0.1) is 5.92 Å². The maximum Gasteiger partial charge on any atom is 0.326 e. The van der Waals surface area contributed by atoms with Gasteiger partial charge >= 0.3 is 5.97 Å². The second-order valence-electron chi connectivity index (χ2n) is 14.8. The molecule has 0 saturated heterocycles. The van der Waals surface area contributed by atoms with Crippen LogP contribution in [-0.4, -0.2) is 70.7 Å². The minimum atomic E-state index is -1.67. The number of amides is 6. The second-order valence-corrected chi connectivity index (χ2v) is 14.8. The van der Waals surface area contributed by atoms with Gasteiger partial charge in [0, 0.05) is 25.7 Å². The van der Waals surface area contributed by atoms with Crippen molar-refractivity contribution in [3.63, 3.8) is 0 Å². The smallest absolute Gasteiger partial charge is 0.326 e. The molecule has 314 valence electrons. The average molecular weight is 793 g/mol. The third-order valence-corrected chi connectivity index (χ3v) is 10.1. The van der Waals surface area contributed by atoms with Crippen molar-refractivity contribution < 1.29 is 38.7 Å². The molecule has 0 aliphatic rings. The fraction of sp³-hybridized carbons (Fsp3) is 0.558. The molecular formula is C43H64N6O8. The molecule has 2 aromatic carbocycles. The van der Waals surface area contributed by atoms with Gasteiger partial charge in [-0.2, -0.15) is 0 Å². The van der Waals surface area contributed by atoms with Crippen molar-refractivity contribution in [3.8, 4) is 0 Å². The van der Waals surface area contributed by atoms with Crippen molar-refractivity contribution in [2.75, 3.05) is 0 Å². The summed E-state index contributed by atoms with van der Waals surface area (Å²) in [5.41, 5.74) is 12.5. The highest BCUT2D eigenvalue weighted by Crippen LogP contribution is 2.15. The van der Waals surface area contributed by atoms with Gasteiger partial charge in [-0.25, -0.2) is 4.79 Å². The number of aliphatic carboxylic acids is 1. The van der Waals surface area contributed by atoms with E-state index in [1.807, 2.05) is 44.2 Å². The zero-order valence-electron chi connectivity index (χ0n) is 33.6. The standard InChI is InChI=1S/C43H64N6O8/c1-3-30(2)37(41(54)46-33(39(44)52)28-31-22-16-14-17-23-31)48-35(50)26-20-12-10-8-6-4-5-7-9-11-13-21-27-36(51)49-38(40(45)53)42(55)47-34(43(56)57)29-32-24-18-15-19-25-32/h14-19,22-25,30,33-34,37-38H,3-13,20-21,26-29H2,1-2H3,(H2,44,52)(H2,45,53)(H,46,54)(H,47,55)(H,48,50)(H,49,51)(H,56,57)/t30-,33-,34-,37-,38-/m0/s1. The summed E-state index contributed by atoms with van der Waals surface area (Å²) in [6.45, 7) is 3.84. The predicted octanol–water partition coefficient (Wildman–Crippen LogP) is 3.97. The van der Waals surface area contributed by atoms with Crippen molar-refractivity contribution in [1.29, 1.82) is 0 Å². The number of nitrogens with two attached hydrogens (primary N) is 2. The summed E-state index contributed by atoms with van der Waals surface area (Å²) in [6, 6.07) is 13.4. The average Bonchev–Trinajstić information content (AvgIpc) is 3.18. The van der Waals surface area contributed by atoms with Crippen LogP contribution in [0.25, 0.3) is 0 Å². The summed E-state index contributed by atoms with van der Waals surface area (Å²) >= 11 is 0. The van der Waals surface area contributed by atoms with Gasteiger partial charge in [0.05, 0.1) is 0 Å². The van der Waals surface area contributed by atoms with E-state index in [2.05, 4.69) is 21.3 Å². The first kappa shape index (κ1) is 47.9. The lowest BCUT2D eigenvalue weighted by Gasteiger charge is -2.26. The van der Waals surface area contributed by atoms with E-state index in [9.17, 15) is 38.7 Å². The Hall–Kier alpha value is -5.27. The fourth-order valence-electron chi connectivity index (χ4n) is 6.42. The molecule has 0 aliphatic carbocycles. The number of carboxylic acid groups (broad SMARTS) is 1. The van der Waals surface area contributed by atoms with E-state index in [4.69, 9.17) is 11.5 Å². The Morgan fingerprint density at radius 2 is 0.947 bits per heavy atom. The fourth-order valence-corrected chi connectivity index (χ4v) is 6.42. The number of unbranched alkanes of at least 4 members (excludes halogenated alkanes) is 11. The molecule has 0 saturated carbocycles. The highest BCUT2D eigenvalue weighted by atomic mass is 16.4. The van der Waals surface area contributed by atoms with Gasteiger partial charge in [-0.1, -0.05) is 145 Å². The van der Waals surface area contributed by atoms with Gasteiger partial charge in [-0.05, 0) is 29.9 Å². The van der Waals surface area contributed by atoms with Gasteiger partial charge in [0.1, 0.15) is 18.1 Å². The molecule has 14 heteroatoms. The minimum absolute atomic E-state index is 0.00728. The number of nitrogens with one attached hydrogen (secondary N) is 4. The predicted molar refractivity (Wildman–Crippen MR) is 218 cm³/mol. The van der Waals surface area contributed by atoms with Gasteiger partial charge in [0.25, 0.3) is 5.91 Å². The molecule has 0 radical (unpaired) electrons. The molecule has 14 nitrogen and oxygen atoms in total. The Kier molecular flexibility index (Phi) is 23.0. The quantitative estimate of drug-likeness (QED) is 0.0450. The van der Waals surface area contributed by atoms with Crippen molar-refractivity contribution in [2.45, 2.75) is 147 Å². The summed E-state index contributed by atoms with van der Waals surface area (Å²) < 4.78 is 0. The summed E-state index contributed by atoms with van der Waals surface area (Å²) in [7, 11) is 0. The van der Waals surface area contributed by atoms with Crippen LogP contribution in [0.2, 0.25) is 0 Å². The number of carboxylic acids is 1. The highest BCUT2D eigenvalue weighted by molar-refractivity contribution is 6.07. The third-order valence-electron chi connectivity index (χ3n) is 10.1. The van der Waals surface area contributed by atoms with Crippen LogP contribution in [0.15, 0.2) is 60.7 Å². The van der Waals surface area contributed by atoms with E-state index in [-0.39, 0.29) is 31.1 Å². The lowest BCUT2D eigenvalue weighted by molar-refractivity contribution is -0.143. The van der Waals surface area contributed by atoms with Gasteiger partial charge in [-0.3, -0.25) is 28.8 Å². The SMILES string of the molecule is CC[C@H](C)[C@H](NC(=O)CCCCCCCCCCCCCCC(=O)N[C@@H](C(N)=O)C(=O)N[C@@H](Cc1ccccc1)C(=O)O)C(=O)N[C@@H](Cc1ccccc1)C(N)=O. The van der Waals surface area contributed by atoms with Gasteiger partial charge in [0.15, 0.2) is 6.04 Å². The second kappa shape index (κ2) is 27.3. The molecule has 0 heterocycles. The molecule has 0 aromatic heterocycles. The molecular weight excluding hydrogens is 729 g/mol. The summed E-state index contributed by atoms with van der Waals surface area (Å²) in [6.07, 6.45) is 13.0. The van der Waals surface area contributed by atoms with Gasteiger partial charge in [-0.15, -0.1) is 0 Å². The van der Waals surface area contributed by atoms with Crippen LogP contribution in [0.4, 0.5) is 0 Å². The maximum absolute atomic E-state index is 13.2. The van der Waals surface area contributed by atoms with Crippen LogP contribution >= 0.6 is 0 Å². The molecule has 0 aliphatic heterocycles. The zero-order chi connectivity index (χ0) is 42.0. The topological polar surface area (TPSA) is 240 Å². The molecule has 2 aromatic rings. The normalized spacial score (nSPS) is 13.6. The number of hydrogen-bond acceptors (Lipinski definition) is 7. The molecule has 2 rings (SSSR count). The highest BCUT2D eigenvalue weighted by Gasteiger charge is 2.31. The molecule has 57 heavy (non-hydrogen) atoms. The Bertz CT molecular complexity index is 1560. The minimum Gasteiger partial charge on any atom is -0.480 e. The van der Waals surface area contributed by atoms with Crippen LogP contribution in [0.1, 0.15) is 121 Å². The largest absolute Gasteiger partial charge is 0.480 e. The van der Waals surface area contributed by atoms with E-state index in [1.54, 1.807) is 30.3 Å². The summed E-state index contributed by atoms with van der Waals surface area (Å²) in [5, 5.41) is 19.8. The first-order valence-corrected chi connectivity index (χ1v) is 20.4. The zero-order valence-corrected chi connectivity index (χ0v) is 33.6. The number of hydrogen-bond donors (Lipinski definition) is 7. The first-order valence-electron chi connectivity index (χ1n) is 20.4. The number of rotatable bonds is 30. The Morgan fingerprint density at radius 3 is 1.35 bits per heavy atom. The molecule has 0 fully saturated rings. The molecule has 5 atom stereocenters. The molecule has 0 bridgehead atoms. The number of primary amides is 2. The van der Waals surface area contributed by atoms with Gasteiger partial charge < -0.3 is 37.8 Å². The van der Waals surface area contributed by atoms with Crippen LogP contribution < -0.4 is 32.7 Å². The lowest BCUT2D eigenvalue weighted by Crippen LogP contribution is -2.57. The maximum atomic E-state index is 13.2. The third kappa shape index (κ3) is 19.9. The van der Waals surface area contributed by atoms with Crippen molar-refractivity contribution in [3.05, 3.63) is 71.8 Å². The van der Waals surface area contributed by atoms with Crippen LogP contribution in [0.5, 0.6) is 0 Å². The monoisotopic (exact) mass is 792 g/mol. The van der Waals surface area contributed by atoms with Crippen LogP contribution in [-0.2, 0) is 46.4 Å². The molecule has 9 N–H and O–H groups in total. The molecule has 0 unspecified atom stereocenters. The van der Waals surface area contributed by atoms with E-state index in [0.717, 1.165) is 76.2 Å². The van der Waals surface area contributed by atoms with Crippen LogP contribution in [0.3, 0.4) is 0 Å². The first-order chi connectivity index (χ1) is 27.3.